The number of hydrogen-bond donors (Lipinski definition) is 2. The summed E-state index contributed by atoms with van der Waals surface area (Å²) in [6, 6.07) is 8.94. The fraction of sp³-hybridized carbons (Fsp3) is 0.316. The zero-order valence-electron chi connectivity index (χ0n) is 15.4. The van der Waals surface area contributed by atoms with Crippen molar-refractivity contribution < 1.29 is 23.9 Å². The molecule has 144 valence electrons. The summed E-state index contributed by atoms with van der Waals surface area (Å²) in [7, 11) is 0. The van der Waals surface area contributed by atoms with Gasteiger partial charge in [-0.15, -0.1) is 11.3 Å². The minimum absolute atomic E-state index is 0.0295. The molecule has 0 saturated carbocycles. The van der Waals surface area contributed by atoms with Crippen LogP contribution >= 0.6 is 11.3 Å². The van der Waals surface area contributed by atoms with Crippen molar-refractivity contribution in [2.24, 2.45) is 5.73 Å². The van der Waals surface area contributed by atoms with Crippen LogP contribution in [0, 0.1) is 0 Å². The molecular formula is C19H22N2O5S. The number of esters is 1. The van der Waals surface area contributed by atoms with Crippen molar-refractivity contribution in [3.05, 3.63) is 46.8 Å². The highest BCUT2D eigenvalue weighted by atomic mass is 32.1. The molecule has 0 atom stereocenters. The van der Waals surface area contributed by atoms with E-state index in [1.54, 1.807) is 17.5 Å². The molecule has 0 aliphatic heterocycles. The van der Waals surface area contributed by atoms with E-state index in [2.05, 4.69) is 26.1 Å². The van der Waals surface area contributed by atoms with Gasteiger partial charge in [-0.3, -0.25) is 9.59 Å². The largest absolute Gasteiger partial charge is 0.482 e. The van der Waals surface area contributed by atoms with E-state index in [0.717, 1.165) is 16.9 Å². The van der Waals surface area contributed by atoms with Crippen molar-refractivity contribution in [2.75, 3.05) is 18.5 Å². The summed E-state index contributed by atoms with van der Waals surface area (Å²) in [5, 5.41) is 4.43. The average molecular weight is 390 g/mol. The van der Waals surface area contributed by atoms with Crippen LogP contribution in [0.1, 0.15) is 36.7 Å². The molecule has 0 saturated heterocycles. The highest BCUT2D eigenvalue weighted by molar-refractivity contribution is 7.14. The van der Waals surface area contributed by atoms with Crippen LogP contribution in [0.3, 0.4) is 0 Å². The Balaban J connectivity index is 1.76. The predicted molar refractivity (Wildman–Crippen MR) is 103 cm³/mol. The summed E-state index contributed by atoms with van der Waals surface area (Å²) in [6.45, 7) is 5.52. The maximum absolute atomic E-state index is 11.8. The topological polar surface area (TPSA) is 108 Å². The van der Waals surface area contributed by atoms with E-state index < -0.39 is 24.4 Å². The number of anilines is 1. The zero-order chi connectivity index (χ0) is 20.0. The van der Waals surface area contributed by atoms with Gasteiger partial charge in [-0.25, -0.2) is 4.79 Å². The summed E-state index contributed by atoms with van der Waals surface area (Å²) in [6.07, 6.45) is 0. The zero-order valence-corrected chi connectivity index (χ0v) is 16.2. The molecular weight excluding hydrogens is 368 g/mol. The van der Waals surface area contributed by atoms with Gasteiger partial charge in [0.15, 0.2) is 13.2 Å². The van der Waals surface area contributed by atoms with Crippen molar-refractivity contribution in [3.8, 4) is 5.75 Å². The number of benzene rings is 1. The molecule has 0 aliphatic rings. The molecule has 0 unspecified atom stereocenters. The van der Waals surface area contributed by atoms with E-state index in [1.165, 1.54) is 6.07 Å². The maximum Gasteiger partial charge on any atom is 0.344 e. The molecule has 2 rings (SSSR count). The van der Waals surface area contributed by atoms with Gasteiger partial charge >= 0.3 is 5.97 Å². The molecule has 0 fully saturated rings. The van der Waals surface area contributed by atoms with Crippen LogP contribution in [0.2, 0.25) is 0 Å². The van der Waals surface area contributed by atoms with Crippen molar-refractivity contribution in [2.45, 2.75) is 26.2 Å². The molecule has 0 bridgehead atoms. The molecule has 2 aromatic rings. The molecule has 1 heterocycles. The van der Waals surface area contributed by atoms with Crippen LogP contribution in [0.4, 0.5) is 5.00 Å². The Morgan fingerprint density at radius 2 is 1.74 bits per heavy atom. The van der Waals surface area contributed by atoms with Gasteiger partial charge in [-0.2, -0.15) is 0 Å². The highest BCUT2D eigenvalue weighted by Crippen LogP contribution is 2.24. The van der Waals surface area contributed by atoms with Crippen LogP contribution in [0.5, 0.6) is 5.75 Å². The van der Waals surface area contributed by atoms with E-state index in [1.807, 2.05) is 12.1 Å². The highest BCUT2D eigenvalue weighted by Gasteiger charge is 2.15. The van der Waals surface area contributed by atoms with Crippen molar-refractivity contribution >= 4 is 34.1 Å². The molecule has 1 aromatic heterocycles. The van der Waals surface area contributed by atoms with Crippen molar-refractivity contribution in [1.82, 2.24) is 0 Å². The SMILES string of the molecule is CC(C)(C)c1ccc(OCC(=O)OCC(=O)Nc2sccc2C(N)=O)cc1. The summed E-state index contributed by atoms with van der Waals surface area (Å²) < 4.78 is 10.2. The molecule has 3 N–H and O–H groups in total. The molecule has 2 amide bonds. The lowest BCUT2D eigenvalue weighted by Gasteiger charge is -2.19. The minimum atomic E-state index is -0.675. The van der Waals surface area contributed by atoms with E-state index in [9.17, 15) is 14.4 Å². The standard InChI is InChI=1S/C19H22N2O5S/c1-19(2,3)12-4-6-13(7-5-12)25-11-16(23)26-10-15(22)21-18-14(17(20)24)8-9-27-18/h4-9H,10-11H2,1-3H3,(H2,20,24)(H,21,22). The molecule has 0 radical (unpaired) electrons. The number of nitrogens with two attached hydrogens (primary N) is 1. The van der Waals surface area contributed by atoms with E-state index >= 15 is 0 Å². The van der Waals surface area contributed by atoms with E-state index in [0.29, 0.717) is 10.8 Å². The van der Waals surface area contributed by atoms with Gasteiger partial charge < -0.3 is 20.5 Å². The Kier molecular flexibility index (Phi) is 6.57. The molecule has 0 spiro atoms. The maximum atomic E-state index is 11.8. The smallest absolute Gasteiger partial charge is 0.344 e. The average Bonchev–Trinajstić information content (AvgIpc) is 3.06. The Bertz CT molecular complexity index is 821. The normalized spacial score (nSPS) is 10.9. The summed E-state index contributed by atoms with van der Waals surface area (Å²) in [5.41, 5.74) is 6.59. The monoisotopic (exact) mass is 390 g/mol. The molecule has 27 heavy (non-hydrogen) atoms. The fourth-order valence-corrected chi connectivity index (χ4v) is 2.95. The number of carbonyl (C=O) groups excluding carboxylic acids is 3. The molecule has 1 aromatic carbocycles. The van der Waals surface area contributed by atoms with Gasteiger partial charge in [0.25, 0.3) is 11.8 Å². The summed E-state index contributed by atoms with van der Waals surface area (Å²) >= 11 is 1.15. The first-order valence-corrected chi connectivity index (χ1v) is 9.11. The third-order valence-electron chi connectivity index (χ3n) is 3.62. The van der Waals surface area contributed by atoms with Crippen LogP contribution in [0.15, 0.2) is 35.7 Å². The fourth-order valence-electron chi connectivity index (χ4n) is 2.14. The van der Waals surface area contributed by atoms with Gasteiger partial charge in [-0.05, 0) is 34.6 Å². The Labute approximate surface area is 161 Å². The number of carbonyl (C=O) groups is 3. The number of amides is 2. The van der Waals surface area contributed by atoms with Crippen molar-refractivity contribution in [1.29, 1.82) is 0 Å². The lowest BCUT2D eigenvalue weighted by atomic mass is 9.87. The molecule has 8 heteroatoms. The summed E-state index contributed by atoms with van der Waals surface area (Å²) in [5.74, 6) is -1.35. The summed E-state index contributed by atoms with van der Waals surface area (Å²) in [4.78, 5) is 34.7. The third-order valence-corrected chi connectivity index (χ3v) is 4.45. The Morgan fingerprint density at radius 3 is 2.33 bits per heavy atom. The number of nitrogens with one attached hydrogen (secondary N) is 1. The second-order valence-electron chi connectivity index (χ2n) is 6.80. The van der Waals surface area contributed by atoms with Gasteiger partial charge in [-0.1, -0.05) is 32.9 Å². The van der Waals surface area contributed by atoms with Crippen LogP contribution < -0.4 is 15.8 Å². The number of hydrogen-bond acceptors (Lipinski definition) is 6. The van der Waals surface area contributed by atoms with Crippen LogP contribution in [-0.4, -0.2) is 31.0 Å². The van der Waals surface area contributed by atoms with Gasteiger partial charge in [0.2, 0.25) is 0 Å². The number of ether oxygens (including phenoxy) is 2. The first-order valence-electron chi connectivity index (χ1n) is 8.23. The van der Waals surface area contributed by atoms with Gasteiger partial charge in [0.05, 0.1) is 5.56 Å². The van der Waals surface area contributed by atoms with E-state index in [-0.39, 0.29) is 17.6 Å². The molecule has 7 nitrogen and oxygen atoms in total. The van der Waals surface area contributed by atoms with Crippen molar-refractivity contribution in [3.63, 3.8) is 0 Å². The minimum Gasteiger partial charge on any atom is -0.482 e. The first-order chi connectivity index (χ1) is 12.7. The lowest BCUT2D eigenvalue weighted by molar-refractivity contribution is -0.149. The van der Waals surface area contributed by atoms with Crippen LogP contribution in [-0.2, 0) is 19.7 Å². The van der Waals surface area contributed by atoms with E-state index in [4.69, 9.17) is 15.2 Å². The first kappa shape index (κ1) is 20.4. The Hall–Kier alpha value is -2.87. The number of primary amides is 1. The quantitative estimate of drug-likeness (QED) is 0.707. The Morgan fingerprint density at radius 1 is 1.07 bits per heavy atom. The lowest BCUT2D eigenvalue weighted by Crippen LogP contribution is -2.24. The molecule has 0 aliphatic carbocycles. The number of thiophene rings is 1. The van der Waals surface area contributed by atoms with Gasteiger partial charge in [0, 0.05) is 0 Å². The second kappa shape index (κ2) is 8.68. The second-order valence-corrected chi connectivity index (χ2v) is 7.72. The van der Waals surface area contributed by atoms with Crippen LogP contribution in [0.25, 0.3) is 0 Å². The predicted octanol–water partition coefficient (Wildman–Crippen LogP) is 2.71. The third kappa shape index (κ3) is 6.10. The number of rotatable bonds is 7. The van der Waals surface area contributed by atoms with Gasteiger partial charge in [0.1, 0.15) is 10.8 Å².